The van der Waals surface area contributed by atoms with Crippen molar-refractivity contribution in [3.8, 4) is 0 Å². The van der Waals surface area contributed by atoms with Gasteiger partial charge in [-0.1, -0.05) is 25.8 Å². The molecule has 1 unspecified atom stereocenters. The molecule has 1 aromatic carbocycles. The number of amides is 1. The summed E-state index contributed by atoms with van der Waals surface area (Å²) in [5.74, 6) is -0.0293. The Kier molecular flexibility index (Phi) is 7.12. The van der Waals surface area contributed by atoms with Crippen molar-refractivity contribution >= 4 is 21.6 Å². The fourth-order valence-corrected chi connectivity index (χ4v) is 6.04. The molecule has 1 amide bonds. The summed E-state index contributed by atoms with van der Waals surface area (Å²) in [7, 11) is -3.52. The maximum atomic E-state index is 13.1. The third-order valence-corrected chi connectivity index (χ3v) is 7.86. The first-order valence-electron chi connectivity index (χ1n) is 10.6. The molecule has 1 aromatic rings. The molecule has 2 saturated heterocycles. The van der Waals surface area contributed by atoms with Gasteiger partial charge in [-0.15, -0.1) is 0 Å². The molecule has 2 aliphatic rings. The molecule has 2 aliphatic heterocycles. The zero-order valence-electron chi connectivity index (χ0n) is 17.1. The van der Waals surface area contributed by atoms with Crippen LogP contribution in [0, 0.1) is 6.92 Å². The fourth-order valence-electron chi connectivity index (χ4n) is 4.27. The lowest BCUT2D eigenvalue weighted by Gasteiger charge is -2.34. The Morgan fingerprint density at radius 3 is 2.54 bits per heavy atom. The molecule has 3 rings (SSSR count). The summed E-state index contributed by atoms with van der Waals surface area (Å²) in [6.07, 6.45) is 6.96. The molecule has 0 aliphatic carbocycles. The van der Waals surface area contributed by atoms with Gasteiger partial charge in [0.25, 0.3) is 0 Å². The Hall–Kier alpha value is -1.44. The number of piperidine rings is 2. The molecule has 0 bridgehead atoms. The molecule has 0 radical (unpaired) electrons. The third kappa shape index (κ3) is 4.75. The monoisotopic (exact) mass is 407 g/mol. The van der Waals surface area contributed by atoms with Crippen LogP contribution in [0.25, 0.3) is 0 Å². The normalized spacial score (nSPS) is 22.1. The number of nitrogens with zero attached hydrogens (tertiary/aromatic N) is 2. The van der Waals surface area contributed by atoms with Crippen LogP contribution < -0.4 is 5.32 Å². The second-order valence-electron chi connectivity index (χ2n) is 7.98. The molecule has 1 N–H and O–H groups in total. The molecule has 0 spiro atoms. The van der Waals surface area contributed by atoms with Gasteiger partial charge in [0.15, 0.2) is 0 Å². The molecular weight excluding hydrogens is 374 g/mol. The molecule has 156 valence electrons. The molecule has 2 fully saturated rings. The van der Waals surface area contributed by atoms with E-state index in [1.54, 1.807) is 22.5 Å². The number of likely N-dealkylation sites (tertiary alicyclic amines) is 1. The lowest BCUT2D eigenvalue weighted by molar-refractivity contribution is -0.122. The van der Waals surface area contributed by atoms with E-state index in [2.05, 4.69) is 17.1 Å². The zero-order chi connectivity index (χ0) is 20.1. The van der Waals surface area contributed by atoms with Crippen molar-refractivity contribution in [2.24, 2.45) is 0 Å². The van der Waals surface area contributed by atoms with E-state index < -0.39 is 10.0 Å². The number of benzene rings is 1. The average molecular weight is 408 g/mol. The molecule has 0 saturated carbocycles. The molecule has 7 heteroatoms. The summed E-state index contributed by atoms with van der Waals surface area (Å²) in [5, 5.41) is 2.98. The Balaban J connectivity index is 1.78. The number of hydrogen-bond acceptors (Lipinski definition) is 4. The van der Waals surface area contributed by atoms with E-state index in [1.165, 1.54) is 0 Å². The summed E-state index contributed by atoms with van der Waals surface area (Å²) in [6.45, 7) is 6.96. The quantitative estimate of drug-likeness (QED) is 0.785. The number of carbonyl (C=O) groups excluding carboxylic acids is 1. The van der Waals surface area contributed by atoms with E-state index >= 15 is 0 Å². The minimum Gasteiger partial charge on any atom is -0.325 e. The largest absolute Gasteiger partial charge is 0.325 e. The summed E-state index contributed by atoms with van der Waals surface area (Å²) >= 11 is 0. The lowest BCUT2D eigenvalue weighted by Crippen LogP contribution is -2.47. The van der Waals surface area contributed by atoms with Gasteiger partial charge >= 0.3 is 0 Å². The van der Waals surface area contributed by atoms with Gasteiger partial charge in [-0.3, -0.25) is 9.69 Å². The van der Waals surface area contributed by atoms with Gasteiger partial charge in [0.1, 0.15) is 0 Å². The fraction of sp³-hybridized carbons (Fsp3) is 0.667. The molecule has 28 heavy (non-hydrogen) atoms. The minimum atomic E-state index is -3.52. The van der Waals surface area contributed by atoms with Crippen LogP contribution in [0.1, 0.15) is 57.4 Å². The summed E-state index contributed by atoms with van der Waals surface area (Å²) in [5.41, 5.74) is 1.28. The SMILES string of the molecule is CCCN1CCCCC1C(=O)Nc1ccc(C)c(S(=O)(=O)N2CCCCC2)c1. The maximum Gasteiger partial charge on any atom is 0.243 e. The van der Waals surface area contributed by atoms with Crippen molar-refractivity contribution in [3.63, 3.8) is 0 Å². The van der Waals surface area contributed by atoms with Gasteiger partial charge in [-0.25, -0.2) is 8.42 Å². The summed E-state index contributed by atoms with van der Waals surface area (Å²) in [6, 6.07) is 5.09. The second kappa shape index (κ2) is 9.37. The van der Waals surface area contributed by atoms with Crippen molar-refractivity contribution in [2.75, 3.05) is 31.5 Å². The predicted octanol–water partition coefficient (Wildman–Crippen LogP) is 3.37. The van der Waals surface area contributed by atoms with Gasteiger partial charge in [-0.2, -0.15) is 4.31 Å². The molecule has 6 nitrogen and oxygen atoms in total. The van der Waals surface area contributed by atoms with E-state index in [4.69, 9.17) is 0 Å². The van der Waals surface area contributed by atoms with Crippen molar-refractivity contribution in [1.29, 1.82) is 0 Å². The van der Waals surface area contributed by atoms with Crippen LogP contribution in [-0.2, 0) is 14.8 Å². The maximum absolute atomic E-state index is 13.1. The highest BCUT2D eigenvalue weighted by atomic mass is 32.2. The average Bonchev–Trinajstić information content (AvgIpc) is 2.70. The van der Waals surface area contributed by atoms with E-state index in [0.29, 0.717) is 29.2 Å². The van der Waals surface area contributed by atoms with Crippen molar-refractivity contribution < 1.29 is 13.2 Å². The second-order valence-corrected chi connectivity index (χ2v) is 9.89. The summed E-state index contributed by atoms with van der Waals surface area (Å²) in [4.78, 5) is 15.4. The number of carbonyl (C=O) groups is 1. The highest BCUT2D eigenvalue weighted by Crippen LogP contribution is 2.27. The van der Waals surface area contributed by atoms with Gasteiger partial charge in [0, 0.05) is 18.8 Å². The Morgan fingerprint density at radius 1 is 1.11 bits per heavy atom. The van der Waals surface area contributed by atoms with E-state index in [9.17, 15) is 13.2 Å². The highest BCUT2D eigenvalue weighted by molar-refractivity contribution is 7.89. The van der Waals surface area contributed by atoms with E-state index in [1.807, 2.05) is 6.92 Å². The van der Waals surface area contributed by atoms with Crippen LogP contribution in [0.15, 0.2) is 23.1 Å². The van der Waals surface area contributed by atoms with Crippen molar-refractivity contribution in [2.45, 2.75) is 69.7 Å². The van der Waals surface area contributed by atoms with Gasteiger partial charge in [0.05, 0.1) is 10.9 Å². The van der Waals surface area contributed by atoms with Crippen LogP contribution in [0.3, 0.4) is 0 Å². The van der Waals surface area contributed by atoms with Crippen LogP contribution in [0.4, 0.5) is 5.69 Å². The Labute approximate surface area is 169 Å². The van der Waals surface area contributed by atoms with Gasteiger partial charge in [-0.05, 0) is 69.8 Å². The van der Waals surface area contributed by atoms with E-state index in [-0.39, 0.29) is 11.9 Å². The van der Waals surface area contributed by atoms with Crippen LogP contribution >= 0.6 is 0 Å². The number of anilines is 1. The van der Waals surface area contributed by atoms with E-state index in [0.717, 1.165) is 58.0 Å². The van der Waals surface area contributed by atoms with Crippen molar-refractivity contribution in [3.05, 3.63) is 23.8 Å². The molecular formula is C21H33N3O3S. The number of sulfonamides is 1. The summed E-state index contributed by atoms with van der Waals surface area (Å²) < 4.78 is 27.8. The van der Waals surface area contributed by atoms with Crippen LogP contribution in [0.2, 0.25) is 0 Å². The molecule has 1 atom stereocenters. The molecule has 0 aromatic heterocycles. The van der Waals surface area contributed by atoms with Gasteiger partial charge in [0.2, 0.25) is 15.9 Å². The van der Waals surface area contributed by atoms with Crippen LogP contribution in [-0.4, -0.2) is 55.8 Å². The van der Waals surface area contributed by atoms with Crippen molar-refractivity contribution in [1.82, 2.24) is 9.21 Å². The van der Waals surface area contributed by atoms with Crippen LogP contribution in [0.5, 0.6) is 0 Å². The predicted molar refractivity (Wildman–Crippen MR) is 112 cm³/mol. The lowest BCUT2D eigenvalue weighted by atomic mass is 10.0. The first-order chi connectivity index (χ1) is 13.4. The first kappa shape index (κ1) is 21.3. The number of aryl methyl sites for hydroxylation is 1. The number of rotatable bonds is 6. The Bertz CT molecular complexity index is 786. The smallest absolute Gasteiger partial charge is 0.243 e. The first-order valence-corrected chi connectivity index (χ1v) is 12.0. The third-order valence-electron chi connectivity index (χ3n) is 5.82. The van der Waals surface area contributed by atoms with Gasteiger partial charge < -0.3 is 5.32 Å². The zero-order valence-corrected chi connectivity index (χ0v) is 17.9. The molecule has 2 heterocycles. The Morgan fingerprint density at radius 2 is 1.82 bits per heavy atom. The topological polar surface area (TPSA) is 69.7 Å². The highest BCUT2D eigenvalue weighted by Gasteiger charge is 2.30. The number of hydrogen-bond donors (Lipinski definition) is 1. The standard InChI is InChI=1S/C21H33N3O3S/c1-3-12-23-13-8-5-9-19(23)21(25)22-18-11-10-17(2)20(16-18)28(26,27)24-14-6-4-7-15-24/h10-11,16,19H,3-9,12-15H2,1-2H3,(H,22,25). The minimum absolute atomic E-state index is 0.0293. The number of nitrogens with one attached hydrogen (secondary N) is 1.